The van der Waals surface area contributed by atoms with E-state index in [0.29, 0.717) is 18.9 Å². The third-order valence-electron chi connectivity index (χ3n) is 2.77. The molecule has 18 heavy (non-hydrogen) atoms. The minimum absolute atomic E-state index is 0.0392. The average Bonchev–Trinajstić information content (AvgIpc) is 2.31. The van der Waals surface area contributed by atoms with E-state index in [1.54, 1.807) is 11.8 Å². The van der Waals surface area contributed by atoms with Crippen molar-refractivity contribution in [2.24, 2.45) is 0 Å². The summed E-state index contributed by atoms with van der Waals surface area (Å²) >= 11 is 5.75. The number of hydrogen-bond acceptors (Lipinski definition) is 5. The summed E-state index contributed by atoms with van der Waals surface area (Å²) in [5.74, 6) is 0.210. The van der Waals surface area contributed by atoms with E-state index in [-0.39, 0.29) is 16.7 Å². The van der Waals surface area contributed by atoms with Gasteiger partial charge in [-0.3, -0.25) is 14.9 Å². The van der Waals surface area contributed by atoms with Gasteiger partial charge >= 0.3 is 0 Å². The van der Waals surface area contributed by atoms with E-state index in [1.165, 1.54) is 12.1 Å². The lowest BCUT2D eigenvalue weighted by molar-refractivity contribution is -0.384. The van der Waals surface area contributed by atoms with Crippen LogP contribution in [0.4, 0.5) is 11.5 Å². The number of anilines is 1. The number of nitrogens with zero attached hydrogens (tertiary/aromatic N) is 3. The second-order valence-electron chi connectivity index (χ2n) is 3.92. The Hall–Kier alpha value is -1.89. The first kappa shape index (κ1) is 12.6. The second kappa shape index (κ2) is 4.77. The van der Waals surface area contributed by atoms with Crippen molar-refractivity contribution >= 4 is 29.0 Å². The van der Waals surface area contributed by atoms with Gasteiger partial charge in [0.1, 0.15) is 17.0 Å². The normalized spacial score (nSPS) is 19.6. The maximum absolute atomic E-state index is 11.5. The van der Waals surface area contributed by atoms with Gasteiger partial charge in [0.25, 0.3) is 5.69 Å². The van der Waals surface area contributed by atoms with Crippen LogP contribution in [0.25, 0.3) is 0 Å². The molecule has 1 aromatic heterocycles. The summed E-state index contributed by atoms with van der Waals surface area (Å²) in [6.45, 7) is 2.73. The number of pyridine rings is 1. The van der Waals surface area contributed by atoms with E-state index in [2.05, 4.69) is 10.3 Å². The molecule has 0 saturated carbocycles. The van der Waals surface area contributed by atoms with Crippen molar-refractivity contribution < 1.29 is 9.72 Å². The molecule has 1 aliphatic rings. The van der Waals surface area contributed by atoms with Crippen LogP contribution in [-0.2, 0) is 4.79 Å². The second-order valence-corrected chi connectivity index (χ2v) is 4.31. The fraction of sp³-hybridized carbons (Fsp3) is 0.400. The molecule has 1 amide bonds. The molecule has 0 aliphatic carbocycles. The molecule has 1 aromatic rings. The lowest BCUT2D eigenvalue weighted by Crippen LogP contribution is -2.54. The van der Waals surface area contributed by atoms with Crippen molar-refractivity contribution in [1.29, 1.82) is 0 Å². The van der Waals surface area contributed by atoms with Gasteiger partial charge in [-0.1, -0.05) is 11.6 Å². The summed E-state index contributed by atoms with van der Waals surface area (Å²) in [6.07, 6.45) is 0. The summed E-state index contributed by atoms with van der Waals surface area (Å²) in [5, 5.41) is 13.5. The largest absolute Gasteiger partial charge is 0.353 e. The fourth-order valence-corrected chi connectivity index (χ4v) is 2.02. The van der Waals surface area contributed by atoms with Gasteiger partial charge in [0, 0.05) is 13.1 Å². The molecule has 2 rings (SSSR count). The van der Waals surface area contributed by atoms with Crippen molar-refractivity contribution in [1.82, 2.24) is 10.3 Å². The highest BCUT2D eigenvalue weighted by Crippen LogP contribution is 2.25. The Morgan fingerprint density at radius 3 is 3.00 bits per heavy atom. The van der Waals surface area contributed by atoms with Crippen molar-refractivity contribution in [2.45, 2.75) is 13.0 Å². The number of piperazine rings is 1. The molecule has 0 aromatic carbocycles. The van der Waals surface area contributed by atoms with Crippen LogP contribution < -0.4 is 10.2 Å². The standard InChI is InChI=1S/C10H11ClN4O3/c1-6-10(16)12-2-3-14(6)9-5-7(15(17)18)4-8(11)13-9/h4-6H,2-3H2,1H3,(H,12,16). The summed E-state index contributed by atoms with van der Waals surface area (Å²) in [7, 11) is 0. The van der Waals surface area contributed by atoms with Gasteiger partial charge in [0.2, 0.25) is 5.91 Å². The summed E-state index contributed by atoms with van der Waals surface area (Å²) in [5.41, 5.74) is -0.136. The quantitative estimate of drug-likeness (QED) is 0.491. The van der Waals surface area contributed by atoms with Gasteiger partial charge in [-0.05, 0) is 6.92 Å². The zero-order valence-electron chi connectivity index (χ0n) is 9.59. The lowest BCUT2D eigenvalue weighted by atomic mass is 10.2. The molecular formula is C10H11ClN4O3. The predicted octanol–water partition coefficient (Wildman–Crippen LogP) is 0.968. The highest BCUT2D eigenvalue weighted by molar-refractivity contribution is 6.29. The molecule has 1 unspecified atom stereocenters. The van der Waals surface area contributed by atoms with Gasteiger partial charge in [-0.2, -0.15) is 0 Å². The molecule has 2 heterocycles. The van der Waals surface area contributed by atoms with Crippen LogP contribution >= 0.6 is 11.6 Å². The molecular weight excluding hydrogens is 260 g/mol. The number of hydrogen-bond donors (Lipinski definition) is 1. The Morgan fingerprint density at radius 1 is 1.61 bits per heavy atom. The topological polar surface area (TPSA) is 88.4 Å². The van der Waals surface area contributed by atoms with Crippen LogP contribution in [0.15, 0.2) is 12.1 Å². The number of carbonyl (C=O) groups excluding carboxylic acids is 1. The molecule has 1 saturated heterocycles. The highest BCUT2D eigenvalue weighted by Gasteiger charge is 2.27. The Morgan fingerprint density at radius 2 is 2.33 bits per heavy atom. The number of rotatable bonds is 2. The van der Waals surface area contributed by atoms with E-state index < -0.39 is 11.0 Å². The molecule has 8 heteroatoms. The summed E-state index contributed by atoms with van der Waals surface area (Å²) in [4.78, 5) is 27.5. The molecule has 1 atom stereocenters. The first-order chi connectivity index (χ1) is 8.49. The Bertz CT molecular complexity index is 508. The number of halogens is 1. The highest BCUT2D eigenvalue weighted by atomic mass is 35.5. The number of amides is 1. The van der Waals surface area contributed by atoms with Gasteiger partial charge < -0.3 is 10.2 Å². The molecule has 1 fully saturated rings. The Labute approximate surface area is 108 Å². The zero-order valence-corrected chi connectivity index (χ0v) is 10.3. The van der Waals surface area contributed by atoms with Crippen molar-refractivity contribution in [3.05, 3.63) is 27.4 Å². The average molecular weight is 271 g/mol. The third kappa shape index (κ3) is 2.35. The number of carbonyl (C=O) groups is 1. The predicted molar refractivity (Wildman–Crippen MR) is 65.7 cm³/mol. The first-order valence-corrected chi connectivity index (χ1v) is 5.73. The van der Waals surface area contributed by atoms with E-state index in [0.717, 1.165) is 0 Å². The van der Waals surface area contributed by atoms with Gasteiger partial charge in [-0.25, -0.2) is 4.98 Å². The monoisotopic (exact) mass is 270 g/mol. The van der Waals surface area contributed by atoms with Crippen LogP contribution in [-0.4, -0.2) is 34.9 Å². The molecule has 1 N–H and O–H groups in total. The molecule has 0 bridgehead atoms. The summed E-state index contributed by atoms with van der Waals surface area (Å²) < 4.78 is 0. The van der Waals surface area contributed by atoms with Crippen LogP contribution in [0.1, 0.15) is 6.92 Å². The third-order valence-corrected chi connectivity index (χ3v) is 2.96. The first-order valence-electron chi connectivity index (χ1n) is 5.35. The minimum Gasteiger partial charge on any atom is -0.353 e. The van der Waals surface area contributed by atoms with E-state index >= 15 is 0 Å². The maximum Gasteiger partial charge on any atom is 0.276 e. The van der Waals surface area contributed by atoms with Crippen LogP contribution in [0.2, 0.25) is 5.15 Å². The summed E-state index contributed by atoms with van der Waals surface area (Å²) in [6, 6.07) is 2.07. The minimum atomic E-state index is -0.536. The zero-order chi connectivity index (χ0) is 13.3. The Balaban J connectivity index is 2.38. The smallest absolute Gasteiger partial charge is 0.276 e. The van der Waals surface area contributed by atoms with E-state index in [1.807, 2.05) is 0 Å². The maximum atomic E-state index is 11.5. The van der Waals surface area contributed by atoms with Gasteiger partial charge in [0.15, 0.2) is 0 Å². The fourth-order valence-electron chi connectivity index (χ4n) is 1.82. The van der Waals surface area contributed by atoms with Crippen LogP contribution in [0, 0.1) is 10.1 Å². The molecule has 1 aliphatic heterocycles. The lowest BCUT2D eigenvalue weighted by Gasteiger charge is -2.33. The molecule has 0 radical (unpaired) electrons. The Kier molecular flexibility index (Phi) is 3.33. The van der Waals surface area contributed by atoms with Crippen LogP contribution in [0.5, 0.6) is 0 Å². The SMILES string of the molecule is CC1C(=O)NCCN1c1cc([N+](=O)[O-])cc(Cl)n1. The van der Waals surface area contributed by atoms with Crippen molar-refractivity contribution in [3.63, 3.8) is 0 Å². The molecule has 0 spiro atoms. The molecule has 96 valence electrons. The number of nitro groups is 1. The van der Waals surface area contributed by atoms with Crippen LogP contribution in [0.3, 0.4) is 0 Å². The van der Waals surface area contributed by atoms with Crippen molar-refractivity contribution in [2.75, 3.05) is 18.0 Å². The molecule has 7 nitrogen and oxygen atoms in total. The van der Waals surface area contributed by atoms with Gasteiger partial charge in [-0.15, -0.1) is 0 Å². The van der Waals surface area contributed by atoms with Crippen molar-refractivity contribution in [3.8, 4) is 0 Å². The number of nitrogens with one attached hydrogen (secondary N) is 1. The van der Waals surface area contributed by atoms with Gasteiger partial charge in [0.05, 0.1) is 17.1 Å². The number of aromatic nitrogens is 1. The van der Waals surface area contributed by atoms with E-state index in [4.69, 9.17) is 11.6 Å². The van der Waals surface area contributed by atoms with E-state index in [9.17, 15) is 14.9 Å².